The van der Waals surface area contributed by atoms with Gasteiger partial charge in [0.2, 0.25) is 0 Å². The highest BCUT2D eigenvalue weighted by atomic mass is 32.1. The van der Waals surface area contributed by atoms with Crippen molar-refractivity contribution in [2.45, 2.75) is 26.4 Å². The highest BCUT2D eigenvalue weighted by Crippen LogP contribution is 2.16. The highest BCUT2D eigenvalue weighted by molar-refractivity contribution is 7.11. The van der Waals surface area contributed by atoms with Gasteiger partial charge in [0.15, 0.2) is 11.6 Å². The summed E-state index contributed by atoms with van der Waals surface area (Å²) in [6, 6.07) is 8.21. The second-order valence-electron chi connectivity index (χ2n) is 4.07. The van der Waals surface area contributed by atoms with E-state index in [0.29, 0.717) is 6.54 Å². The number of benzene rings is 1. The summed E-state index contributed by atoms with van der Waals surface area (Å²) in [5.41, 5.74) is 0.751. The van der Waals surface area contributed by atoms with Gasteiger partial charge in [0.05, 0.1) is 0 Å². The fourth-order valence-electron chi connectivity index (χ4n) is 1.69. The Morgan fingerprint density at radius 3 is 2.44 bits per heavy atom. The molecule has 1 aromatic carbocycles. The molecule has 4 heteroatoms. The first-order chi connectivity index (χ1) is 8.69. The monoisotopic (exact) mass is 267 g/mol. The van der Waals surface area contributed by atoms with Gasteiger partial charge in [-0.3, -0.25) is 0 Å². The quantitative estimate of drug-likeness (QED) is 0.867. The minimum Gasteiger partial charge on any atom is -0.308 e. The molecule has 0 aliphatic rings. The summed E-state index contributed by atoms with van der Waals surface area (Å²) in [7, 11) is 0. The topological polar surface area (TPSA) is 12.0 Å². The number of hydrogen-bond acceptors (Lipinski definition) is 2. The van der Waals surface area contributed by atoms with E-state index >= 15 is 0 Å². The lowest BCUT2D eigenvalue weighted by Crippen LogP contribution is -2.12. The van der Waals surface area contributed by atoms with Gasteiger partial charge in [-0.2, -0.15) is 0 Å². The highest BCUT2D eigenvalue weighted by Gasteiger charge is 2.03. The summed E-state index contributed by atoms with van der Waals surface area (Å²) in [5.74, 6) is -1.59. The normalized spacial score (nSPS) is 10.8. The molecule has 2 aromatic rings. The zero-order valence-corrected chi connectivity index (χ0v) is 11.0. The van der Waals surface area contributed by atoms with E-state index in [1.807, 2.05) is 0 Å². The Kier molecular flexibility index (Phi) is 4.44. The number of aryl methyl sites for hydroxylation is 1. The van der Waals surface area contributed by atoms with Crippen molar-refractivity contribution >= 4 is 11.3 Å². The zero-order chi connectivity index (χ0) is 13.0. The number of thiophene rings is 1. The van der Waals surface area contributed by atoms with Gasteiger partial charge >= 0.3 is 0 Å². The van der Waals surface area contributed by atoms with E-state index in [2.05, 4.69) is 24.4 Å². The molecule has 0 atom stereocenters. The zero-order valence-electron chi connectivity index (χ0n) is 10.2. The number of nitrogens with one attached hydrogen (secondary N) is 1. The maximum atomic E-state index is 13.0. The molecule has 1 N–H and O–H groups in total. The fraction of sp³-hybridized carbons (Fsp3) is 0.286. The Morgan fingerprint density at radius 2 is 1.78 bits per heavy atom. The average molecular weight is 267 g/mol. The van der Waals surface area contributed by atoms with Crippen molar-refractivity contribution < 1.29 is 8.78 Å². The lowest BCUT2D eigenvalue weighted by molar-refractivity contribution is 0.506. The van der Waals surface area contributed by atoms with Crippen LogP contribution in [0.1, 0.15) is 22.2 Å². The van der Waals surface area contributed by atoms with E-state index in [1.165, 1.54) is 15.8 Å². The van der Waals surface area contributed by atoms with Gasteiger partial charge in [-0.1, -0.05) is 13.0 Å². The van der Waals surface area contributed by atoms with Crippen LogP contribution in [0.4, 0.5) is 8.78 Å². The second kappa shape index (κ2) is 6.07. The van der Waals surface area contributed by atoms with Crippen molar-refractivity contribution in [1.29, 1.82) is 0 Å². The Hall–Kier alpha value is -1.26. The molecule has 1 nitrogen and oxygen atoms in total. The van der Waals surface area contributed by atoms with Crippen LogP contribution >= 0.6 is 11.3 Å². The average Bonchev–Trinajstić information content (AvgIpc) is 2.82. The lowest BCUT2D eigenvalue weighted by Gasteiger charge is -2.04. The van der Waals surface area contributed by atoms with Gasteiger partial charge in [0.25, 0.3) is 0 Å². The standard InChI is InChI=1S/C14H15F2NS/c1-2-11-4-5-12(18-11)9-17-8-10-3-6-13(15)14(16)7-10/h3-7,17H,2,8-9H2,1H3. The molecule has 0 aliphatic heterocycles. The molecule has 0 unspecified atom stereocenters. The van der Waals surface area contributed by atoms with Crippen LogP contribution in [0.2, 0.25) is 0 Å². The number of halogens is 2. The molecule has 0 amide bonds. The van der Waals surface area contributed by atoms with Crippen LogP contribution in [-0.4, -0.2) is 0 Å². The number of rotatable bonds is 5. The smallest absolute Gasteiger partial charge is 0.159 e. The summed E-state index contributed by atoms with van der Waals surface area (Å²) < 4.78 is 25.7. The molecule has 96 valence electrons. The van der Waals surface area contributed by atoms with Gasteiger partial charge in [-0.25, -0.2) is 8.78 Å². The van der Waals surface area contributed by atoms with E-state index < -0.39 is 11.6 Å². The van der Waals surface area contributed by atoms with Crippen molar-refractivity contribution in [1.82, 2.24) is 5.32 Å². The molecular formula is C14H15F2NS. The Bertz CT molecular complexity index is 522. The first kappa shape index (κ1) is 13.2. The Labute approximate surface area is 109 Å². The molecule has 1 heterocycles. The largest absolute Gasteiger partial charge is 0.308 e. The van der Waals surface area contributed by atoms with E-state index in [1.54, 1.807) is 17.4 Å². The minimum atomic E-state index is -0.801. The van der Waals surface area contributed by atoms with E-state index in [9.17, 15) is 8.78 Å². The summed E-state index contributed by atoms with van der Waals surface area (Å²) in [4.78, 5) is 2.62. The van der Waals surface area contributed by atoms with Crippen LogP contribution in [0.15, 0.2) is 30.3 Å². The van der Waals surface area contributed by atoms with Gasteiger partial charge in [-0.05, 0) is 36.2 Å². The molecule has 0 fully saturated rings. The van der Waals surface area contributed by atoms with Crippen molar-refractivity contribution in [3.8, 4) is 0 Å². The minimum absolute atomic E-state index is 0.538. The third-order valence-corrected chi connectivity index (χ3v) is 3.91. The van der Waals surface area contributed by atoms with E-state index in [0.717, 1.165) is 24.6 Å². The fourth-order valence-corrected chi connectivity index (χ4v) is 2.61. The first-order valence-corrected chi connectivity index (χ1v) is 6.73. The molecule has 0 saturated carbocycles. The second-order valence-corrected chi connectivity index (χ2v) is 5.33. The molecule has 0 bridgehead atoms. The Morgan fingerprint density at radius 1 is 1.00 bits per heavy atom. The predicted octanol–water partition coefficient (Wildman–Crippen LogP) is 3.88. The van der Waals surface area contributed by atoms with Crippen LogP contribution in [-0.2, 0) is 19.5 Å². The summed E-state index contributed by atoms with van der Waals surface area (Å²) in [6.07, 6.45) is 1.05. The maximum Gasteiger partial charge on any atom is 0.159 e. The summed E-state index contributed by atoms with van der Waals surface area (Å²) in [6.45, 7) is 3.42. The first-order valence-electron chi connectivity index (χ1n) is 5.91. The van der Waals surface area contributed by atoms with Crippen LogP contribution in [0, 0.1) is 11.6 Å². The molecule has 0 radical (unpaired) electrons. The van der Waals surface area contributed by atoms with Gasteiger partial charge in [0, 0.05) is 22.8 Å². The molecule has 1 aromatic heterocycles. The summed E-state index contributed by atoms with van der Waals surface area (Å²) in [5, 5.41) is 3.22. The van der Waals surface area contributed by atoms with Gasteiger partial charge in [-0.15, -0.1) is 11.3 Å². The molecule has 0 spiro atoms. The Balaban J connectivity index is 1.86. The third kappa shape index (κ3) is 3.37. The van der Waals surface area contributed by atoms with Crippen molar-refractivity contribution in [3.63, 3.8) is 0 Å². The SMILES string of the molecule is CCc1ccc(CNCc2ccc(F)c(F)c2)s1. The summed E-state index contributed by atoms with van der Waals surface area (Å²) >= 11 is 1.78. The predicted molar refractivity (Wildman–Crippen MR) is 70.6 cm³/mol. The van der Waals surface area contributed by atoms with E-state index in [4.69, 9.17) is 0 Å². The maximum absolute atomic E-state index is 13.0. The molecule has 18 heavy (non-hydrogen) atoms. The lowest BCUT2D eigenvalue weighted by atomic mass is 10.2. The third-order valence-electron chi connectivity index (χ3n) is 2.68. The van der Waals surface area contributed by atoms with Crippen LogP contribution in [0.25, 0.3) is 0 Å². The molecule has 2 rings (SSSR count). The molecule has 0 aliphatic carbocycles. The molecule has 0 saturated heterocycles. The molecular weight excluding hydrogens is 252 g/mol. The van der Waals surface area contributed by atoms with E-state index in [-0.39, 0.29) is 0 Å². The van der Waals surface area contributed by atoms with Crippen LogP contribution in [0.5, 0.6) is 0 Å². The van der Waals surface area contributed by atoms with Crippen molar-refractivity contribution in [2.24, 2.45) is 0 Å². The van der Waals surface area contributed by atoms with Crippen LogP contribution in [0.3, 0.4) is 0 Å². The van der Waals surface area contributed by atoms with Crippen molar-refractivity contribution in [3.05, 3.63) is 57.3 Å². The number of hydrogen-bond donors (Lipinski definition) is 1. The van der Waals surface area contributed by atoms with Gasteiger partial charge in [0.1, 0.15) is 0 Å². The van der Waals surface area contributed by atoms with Crippen LogP contribution < -0.4 is 5.32 Å². The van der Waals surface area contributed by atoms with Gasteiger partial charge < -0.3 is 5.32 Å². The van der Waals surface area contributed by atoms with Crippen molar-refractivity contribution in [2.75, 3.05) is 0 Å².